The molecule has 1 fully saturated rings. The Bertz CT molecular complexity index is 1000. The van der Waals surface area contributed by atoms with Gasteiger partial charge in [-0.2, -0.15) is 0 Å². The lowest BCUT2D eigenvalue weighted by atomic mass is 10.1. The Morgan fingerprint density at radius 2 is 1.86 bits per heavy atom. The van der Waals surface area contributed by atoms with E-state index in [-0.39, 0.29) is 10.8 Å². The summed E-state index contributed by atoms with van der Waals surface area (Å²) in [6.45, 7) is 5.12. The molecule has 0 radical (unpaired) electrons. The molecule has 0 spiro atoms. The number of nitrogens with zero attached hydrogens (tertiary/aromatic N) is 2. The second-order valence-electron chi connectivity index (χ2n) is 7.41. The minimum atomic E-state index is -3.86. The second kappa shape index (κ2) is 8.45. The third-order valence-corrected chi connectivity index (χ3v) is 7.13. The van der Waals surface area contributed by atoms with Crippen molar-refractivity contribution in [3.63, 3.8) is 0 Å². The summed E-state index contributed by atoms with van der Waals surface area (Å²) >= 11 is 0. The first-order chi connectivity index (χ1) is 13.8. The topological polar surface area (TPSA) is 66.9 Å². The van der Waals surface area contributed by atoms with Crippen LogP contribution in [0.1, 0.15) is 35.7 Å². The van der Waals surface area contributed by atoms with Gasteiger partial charge in [0.1, 0.15) is 5.75 Å². The molecule has 1 aliphatic carbocycles. The number of sulfonamides is 1. The number of para-hydroxylation sites is 2. The number of aryl methyl sites for hydroxylation is 1. The number of carbonyl (C=O) groups is 1. The first-order valence-electron chi connectivity index (χ1n) is 9.81. The minimum absolute atomic E-state index is 0.0855. The molecule has 0 unspecified atom stereocenters. The van der Waals surface area contributed by atoms with E-state index in [1.807, 2.05) is 13.8 Å². The molecule has 0 N–H and O–H groups in total. The van der Waals surface area contributed by atoms with Gasteiger partial charge < -0.3 is 9.64 Å². The van der Waals surface area contributed by atoms with Crippen molar-refractivity contribution in [2.45, 2.75) is 31.6 Å². The van der Waals surface area contributed by atoms with Gasteiger partial charge in [-0.15, -0.1) is 0 Å². The fourth-order valence-corrected chi connectivity index (χ4v) is 4.54. The number of anilines is 1. The molecule has 2 aromatic rings. The lowest BCUT2D eigenvalue weighted by Crippen LogP contribution is -2.33. The zero-order valence-electron chi connectivity index (χ0n) is 17.4. The fourth-order valence-electron chi connectivity index (χ4n) is 3.31. The summed E-state index contributed by atoms with van der Waals surface area (Å²) in [6.07, 6.45) is 2.31. The molecule has 0 heterocycles. The predicted molar refractivity (Wildman–Crippen MR) is 114 cm³/mol. The monoisotopic (exact) mass is 416 g/mol. The third kappa shape index (κ3) is 4.40. The zero-order valence-corrected chi connectivity index (χ0v) is 18.2. The maximum absolute atomic E-state index is 13.3. The van der Waals surface area contributed by atoms with Crippen molar-refractivity contribution in [2.75, 3.05) is 31.6 Å². The molecule has 0 atom stereocenters. The molecule has 1 aliphatic rings. The van der Waals surface area contributed by atoms with Crippen LogP contribution in [0.25, 0.3) is 0 Å². The van der Waals surface area contributed by atoms with Crippen molar-refractivity contribution in [3.05, 3.63) is 53.6 Å². The molecule has 7 heteroatoms. The van der Waals surface area contributed by atoms with Crippen LogP contribution in [0.3, 0.4) is 0 Å². The van der Waals surface area contributed by atoms with Gasteiger partial charge in [0.25, 0.3) is 15.9 Å². The molecule has 0 saturated heterocycles. The number of amides is 1. The van der Waals surface area contributed by atoms with Gasteiger partial charge in [-0.05, 0) is 62.4 Å². The Labute approximate surface area is 173 Å². The van der Waals surface area contributed by atoms with Gasteiger partial charge in [-0.1, -0.05) is 18.2 Å². The van der Waals surface area contributed by atoms with Crippen LogP contribution in [0.5, 0.6) is 5.75 Å². The first-order valence-corrected chi connectivity index (χ1v) is 11.3. The first kappa shape index (κ1) is 21.2. The van der Waals surface area contributed by atoms with Crippen molar-refractivity contribution in [2.24, 2.45) is 5.92 Å². The van der Waals surface area contributed by atoms with E-state index >= 15 is 0 Å². The number of carbonyl (C=O) groups excluding carboxylic acids is 1. The van der Waals surface area contributed by atoms with E-state index < -0.39 is 10.0 Å². The number of benzene rings is 2. The normalized spacial score (nSPS) is 13.8. The van der Waals surface area contributed by atoms with Gasteiger partial charge in [0.05, 0.1) is 17.7 Å². The maximum Gasteiger partial charge on any atom is 0.264 e. The molecular formula is C22H28N2O4S. The SMILES string of the molecule is CCN(CC1CC1)C(=O)c1cc(S(=O)(=O)N(C)c2ccccc2OC)ccc1C. The number of hydrogen-bond donors (Lipinski definition) is 0. The minimum Gasteiger partial charge on any atom is -0.495 e. The van der Waals surface area contributed by atoms with Crippen LogP contribution in [0.4, 0.5) is 5.69 Å². The lowest BCUT2D eigenvalue weighted by Gasteiger charge is -2.24. The molecule has 2 aromatic carbocycles. The Hall–Kier alpha value is -2.54. The maximum atomic E-state index is 13.3. The highest BCUT2D eigenvalue weighted by Gasteiger charge is 2.29. The average molecular weight is 417 g/mol. The third-order valence-electron chi connectivity index (χ3n) is 5.37. The largest absolute Gasteiger partial charge is 0.495 e. The Morgan fingerprint density at radius 1 is 1.17 bits per heavy atom. The van der Waals surface area contributed by atoms with E-state index in [0.29, 0.717) is 29.5 Å². The van der Waals surface area contributed by atoms with Crippen LogP contribution in [0.15, 0.2) is 47.4 Å². The molecular weight excluding hydrogens is 388 g/mol. The summed E-state index contributed by atoms with van der Waals surface area (Å²) in [7, 11) is -0.871. The summed E-state index contributed by atoms with van der Waals surface area (Å²) in [4.78, 5) is 15.0. The molecule has 1 saturated carbocycles. The number of hydrogen-bond acceptors (Lipinski definition) is 4. The number of ether oxygens (including phenoxy) is 1. The standard InChI is InChI=1S/C22H28N2O4S/c1-5-24(15-17-11-12-17)22(25)19-14-18(13-10-16(19)2)29(26,27)23(3)20-8-6-7-9-21(20)28-4/h6-10,13-14,17H,5,11-12,15H2,1-4H3. The van der Waals surface area contributed by atoms with Gasteiger partial charge in [0, 0.05) is 25.7 Å². The van der Waals surface area contributed by atoms with Gasteiger partial charge in [0.15, 0.2) is 0 Å². The second-order valence-corrected chi connectivity index (χ2v) is 9.38. The Kier molecular flexibility index (Phi) is 6.17. The van der Waals surface area contributed by atoms with Crippen molar-refractivity contribution < 1.29 is 17.9 Å². The predicted octanol–water partition coefficient (Wildman–Crippen LogP) is 3.70. The van der Waals surface area contributed by atoms with E-state index in [1.54, 1.807) is 41.3 Å². The van der Waals surface area contributed by atoms with Crippen LogP contribution < -0.4 is 9.04 Å². The highest BCUT2D eigenvalue weighted by Crippen LogP contribution is 2.32. The Morgan fingerprint density at radius 3 is 2.48 bits per heavy atom. The van der Waals surface area contributed by atoms with Crippen molar-refractivity contribution in [1.29, 1.82) is 0 Å². The van der Waals surface area contributed by atoms with Gasteiger partial charge in [-0.3, -0.25) is 9.10 Å². The number of methoxy groups -OCH3 is 1. The summed E-state index contributed by atoms with van der Waals surface area (Å²) in [6, 6.07) is 11.7. The van der Waals surface area contributed by atoms with Crippen LogP contribution in [0.2, 0.25) is 0 Å². The molecule has 3 rings (SSSR count). The molecule has 0 aromatic heterocycles. The van der Waals surface area contributed by atoms with Gasteiger partial charge >= 0.3 is 0 Å². The average Bonchev–Trinajstić information content (AvgIpc) is 3.55. The van der Waals surface area contributed by atoms with Gasteiger partial charge in [0.2, 0.25) is 0 Å². The highest BCUT2D eigenvalue weighted by atomic mass is 32.2. The fraction of sp³-hybridized carbons (Fsp3) is 0.409. The summed E-state index contributed by atoms with van der Waals surface area (Å²) < 4.78 is 33.0. The van der Waals surface area contributed by atoms with Crippen LogP contribution in [-0.4, -0.2) is 46.5 Å². The molecule has 6 nitrogen and oxygen atoms in total. The zero-order chi connectivity index (χ0) is 21.2. The summed E-state index contributed by atoms with van der Waals surface area (Å²) in [5.74, 6) is 0.917. The van der Waals surface area contributed by atoms with Crippen molar-refractivity contribution in [3.8, 4) is 5.75 Å². The van der Waals surface area contributed by atoms with Crippen LogP contribution in [0, 0.1) is 12.8 Å². The molecule has 29 heavy (non-hydrogen) atoms. The Balaban J connectivity index is 1.96. The summed E-state index contributed by atoms with van der Waals surface area (Å²) in [5.41, 5.74) is 1.64. The lowest BCUT2D eigenvalue weighted by molar-refractivity contribution is 0.0756. The van der Waals surface area contributed by atoms with Crippen molar-refractivity contribution >= 4 is 21.6 Å². The van der Waals surface area contributed by atoms with Crippen molar-refractivity contribution in [1.82, 2.24) is 4.90 Å². The van der Waals surface area contributed by atoms with E-state index in [2.05, 4.69) is 0 Å². The van der Waals surface area contributed by atoms with E-state index in [0.717, 1.165) is 24.9 Å². The van der Waals surface area contributed by atoms with Crippen LogP contribution >= 0.6 is 0 Å². The summed E-state index contributed by atoms with van der Waals surface area (Å²) in [5, 5.41) is 0. The van der Waals surface area contributed by atoms with E-state index in [4.69, 9.17) is 4.74 Å². The molecule has 1 amide bonds. The van der Waals surface area contributed by atoms with E-state index in [1.165, 1.54) is 24.5 Å². The van der Waals surface area contributed by atoms with Gasteiger partial charge in [-0.25, -0.2) is 8.42 Å². The molecule has 0 bridgehead atoms. The number of rotatable bonds is 8. The van der Waals surface area contributed by atoms with Crippen LogP contribution in [-0.2, 0) is 10.0 Å². The smallest absolute Gasteiger partial charge is 0.264 e. The molecule has 156 valence electrons. The highest BCUT2D eigenvalue weighted by molar-refractivity contribution is 7.92. The molecule has 0 aliphatic heterocycles. The van der Waals surface area contributed by atoms with E-state index in [9.17, 15) is 13.2 Å². The quantitative estimate of drug-likeness (QED) is 0.658.